The number of nitrogens with zero attached hydrogens (tertiary/aromatic N) is 2. The molecule has 2 nitrogen and oxygen atoms in total. The lowest BCUT2D eigenvalue weighted by atomic mass is 10.1. The minimum absolute atomic E-state index is 0.301. The Bertz CT molecular complexity index is 144. The van der Waals surface area contributed by atoms with Crippen molar-refractivity contribution in [2.75, 3.05) is 13.1 Å². The van der Waals surface area contributed by atoms with E-state index in [-0.39, 0.29) is 5.54 Å². The molecule has 0 aromatic carbocycles. The molecule has 0 bridgehead atoms. The van der Waals surface area contributed by atoms with E-state index in [2.05, 4.69) is 24.8 Å². The molecule has 0 aromatic heterocycles. The second kappa shape index (κ2) is 4.35. The molecule has 0 atom stereocenters. The summed E-state index contributed by atoms with van der Waals surface area (Å²) in [6.07, 6.45) is 1.11. The maximum absolute atomic E-state index is 8.83. The predicted octanol–water partition coefficient (Wildman–Crippen LogP) is 2.02. The minimum Gasteiger partial charge on any atom is -0.286 e. The molecule has 0 N–H and O–H groups in total. The molecular weight excluding hydrogens is 136 g/mol. The second-order valence-electron chi connectivity index (χ2n) is 3.25. The van der Waals surface area contributed by atoms with Crippen molar-refractivity contribution in [3.63, 3.8) is 0 Å². The minimum atomic E-state index is -0.301. The van der Waals surface area contributed by atoms with Gasteiger partial charge in [-0.25, -0.2) is 0 Å². The van der Waals surface area contributed by atoms with E-state index in [9.17, 15) is 0 Å². The van der Waals surface area contributed by atoms with E-state index in [1.807, 2.05) is 13.8 Å². The Labute approximate surface area is 69.8 Å². The third kappa shape index (κ3) is 2.90. The Hall–Kier alpha value is -0.550. The van der Waals surface area contributed by atoms with E-state index in [1.54, 1.807) is 0 Å². The Balaban J connectivity index is 4.14. The third-order valence-corrected chi connectivity index (χ3v) is 1.94. The summed E-state index contributed by atoms with van der Waals surface area (Å²) in [6.45, 7) is 10.1. The smallest absolute Gasteiger partial charge is 0.103 e. The number of rotatable bonds is 4. The summed E-state index contributed by atoms with van der Waals surface area (Å²) in [6, 6.07) is 2.30. The van der Waals surface area contributed by atoms with Crippen LogP contribution in [0.15, 0.2) is 0 Å². The first-order chi connectivity index (χ1) is 5.08. The van der Waals surface area contributed by atoms with Crippen molar-refractivity contribution in [3.8, 4) is 6.07 Å². The molecule has 0 fully saturated rings. The largest absolute Gasteiger partial charge is 0.286 e. The lowest BCUT2D eigenvalue weighted by Gasteiger charge is -2.31. The van der Waals surface area contributed by atoms with E-state index < -0.39 is 0 Å². The second-order valence-corrected chi connectivity index (χ2v) is 3.25. The first-order valence-electron chi connectivity index (χ1n) is 4.24. The first kappa shape index (κ1) is 10.4. The first-order valence-corrected chi connectivity index (χ1v) is 4.24. The fourth-order valence-electron chi connectivity index (χ4n) is 1.17. The van der Waals surface area contributed by atoms with Crippen molar-refractivity contribution in [1.29, 1.82) is 5.26 Å². The number of nitriles is 1. The number of hydrogen-bond acceptors (Lipinski definition) is 2. The van der Waals surface area contributed by atoms with Gasteiger partial charge in [-0.3, -0.25) is 4.90 Å². The molecule has 64 valence electrons. The summed E-state index contributed by atoms with van der Waals surface area (Å²) in [4.78, 5) is 2.19. The quantitative estimate of drug-likeness (QED) is 0.619. The van der Waals surface area contributed by atoms with Crippen LogP contribution < -0.4 is 0 Å². The van der Waals surface area contributed by atoms with Crippen LogP contribution in [0.3, 0.4) is 0 Å². The van der Waals surface area contributed by atoms with Gasteiger partial charge in [0.1, 0.15) is 5.54 Å². The molecule has 2 heteroatoms. The van der Waals surface area contributed by atoms with E-state index >= 15 is 0 Å². The highest BCUT2D eigenvalue weighted by Crippen LogP contribution is 2.12. The SMILES string of the molecule is CCCN(CC)C(C)(C)C#N. The van der Waals surface area contributed by atoms with Crippen LogP contribution in [0.25, 0.3) is 0 Å². The molecule has 0 saturated heterocycles. The van der Waals surface area contributed by atoms with Gasteiger partial charge >= 0.3 is 0 Å². The Morgan fingerprint density at radius 3 is 2.18 bits per heavy atom. The maximum atomic E-state index is 8.83. The molecule has 0 aliphatic carbocycles. The molecule has 0 rings (SSSR count). The van der Waals surface area contributed by atoms with Crippen LogP contribution in [0.5, 0.6) is 0 Å². The highest BCUT2D eigenvalue weighted by Gasteiger charge is 2.23. The highest BCUT2D eigenvalue weighted by atomic mass is 15.2. The zero-order valence-electron chi connectivity index (χ0n) is 8.02. The van der Waals surface area contributed by atoms with Crippen molar-refractivity contribution in [1.82, 2.24) is 4.90 Å². The van der Waals surface area contributed by atoms with Gasteiger partial charge in [0, 0.05) is 0 Å². The van der Waals surface area contributed by atoms with Gasteiger partial charge in [0.25, 0.3) is 0 Å². The van der Waals surface area contributed by atoms with Crippen molar-refractivity contribution in [3.05, 3.63) is 0 Å². The Morgan fingerprint density at radius 2 is 1.91 bits per heavy atom. The van der Waals surface area contributed by atoms with Crippen molar-refractivity contribution in [2.45, 2.75) is 39.7 Å². The monoisotopic (exact) mass is 154 g/mol. The summed E-state index contributed by atoms with van der Waals surface area (Å²) in [7, 11) is 0. The summed E-state index contributed by atoms with van der Waals surface area (Å²) in [5.74, 6) is 0. The van der Waals surface area contributed by atoms with Gasteiger partial charge in [-0.15, -0.1) is 0 Å². The van der Waals surface area contributed by atoms with Gasteiger partial charge < -0.3 is 0 Å². The van der Waals surface area contributed by atoms with Crippen LogP contribution in [0, 0.1) is 11.3 Å². The van der Waals surface area contributed by atoms with Crippen LogP contribution in [-0.2, 0) is 0 Å². The molecule has 0 amide bonds. The standard InChI is InChI=1S/C9H18N2/c1-5-7-11(6-2)9(3,4)8-10/h5-7H2,1-4H3. The summed E-state index contributed by atoms with van der Waals surface area (Å²) < 4.78 is 0. The molecule has 0 unspecified atom stereocenters. The molecule has 0 aromatic rings. The van der Waals surface area contributed by atoms with Gasteiger partial charge in [0.05, 0.1) is 6.07 Å². The Morgan fingerprint density at radius 1 is 1.36 bits per heavy atom. The summed E-state index contributed by atoms with van der Waals surface area (Å²) in [5, 5.41) is 8.83. The summed E-state index contributed by atoms with van der Waals surface area (Å²) in [5.41, 5.74) is -0.301. The molecule has 0 spiro atoms. The van der Waals surface area contributed by atoms with Crippen molar-refractivity contribution >= 4 is 0 Å². The van der Waals surface area contributed by atoms with Gasteiger partial charge in [-0.05, 0) is 33.4 Å². The molecule has 0 heterocycles. The normalized spacial score (nSPS) is 11.6. The zero-order valence-corrected chi connectivity index (χ0v) is 8.02. The van der Waals surface area contributed by atoms with E-state index in [4.69, 9.17) is 5.26 Å². The zero-order chi connectivity index (χ0) is 8.91. The van der Waals surface area contributed by atoms with E-state index in [0.29, 0.717) is 0 Å². The van der Waals surface area contributed by atoms with Gasteiger partial charge in [0.2, 0.25) is 0 Å². The predicted molar refractivity (Wildman–Crippen MR) is 47.2 cm³/mol. The fourth-order valence-corrected chi connectivity index (χ4v) is 1.17. The van der Waals surface area contributed by atoms with Crippen LogP contribution in [0.4, 0.5) is 0 Å². The average molecular weight is 154 g/mol. The molecule has 0 radical (unpaired) electrons. The maximum Gasteiger partial charge on any atom is 0.103 e. The molecule has 0 aliphatic rings. The molecular formula is C9H18N2. The van der Waals surface area contributed by atoms with Crippen molar-refractivity contribution in [2.24, 2.45) is 0 Å². The molecule has 0 saturated carbocycles. The average Bonchev–Trinajstić information content (AvgIpc) is 2.00. The van der Waals surface area contributed by atoms with Crippen molar-refractivity contribution < 1.29 is 0 Å². The lowest BCUT2D eigenvalue weighted by molar-refractivity contribution is 0.177. The third-order valence-electron chi connectivity index (χ3n) is 1.94. The van der Waals surface area contributed by atoms with Crippen LogP contribution in [-0.4, -0.2) is 23.5 Å². The molecule has 11 heavy (non-hydrogen) atoms. The highest BCUT2D eigenvalue weighted by molar-refractivity contribution is 5.01. The van der Waals surface area contributed by atoms with Crippen LogP contribution in [0.1, 0.15) is 34.1 Å². The number of hydrogen-bond donors (Lipinski definition) is 0. The van der Waals surface area contributed by atoms with Gasteiger partial charge in [-0.1, -0.05) is 13.8 Å². The van der Waals surface area contributed by atoms with Crippen LogP contribution in [0.2, 0.25) is 0 Å². The van der Waals surface area contributed by atoms with Gasteiger partial charge in [-0.2, -0.15) is 5.26 Å². The topological polar surface area (TPSA) is 27.0 Å². The Kier molecular flexibility index (Phi) is 4.14. The van der Waals surface area contributed by atoms with E-state index in [0.717, 1.165) is 19.5 Å². The molecule has 0 aliphatic heterocycles. The lowest BCUT2D eigenvalue weighted by Crippen LogP contribution is -2.42. The fraction of sp³-hybridized carbons (Fsp3) is 0.889. The summed E-state index contributed by atoms with van der Waals surface area (Å²) >= 11 is 0. The van der Waals surface area contributed by atoms with Gasteiger partial charge in [0.15, 0.2) is 0 Å². The van der Waals surface area contributed by atoms with E-state index in [1.165, 1.54) is 0 Å². The van der Waals surface area contributed by atoms with Crippen LogP contribution >= 0.6 is 0 Å².